The van der Waals surface area contributed by atoms with Gasteiger partial charge in [-0.1, -0.05) is 35.9 Å². The Labute approximate surface area is 170 Å². The van der Waals surface area contributed by atoms with Crippen LogP contribution in [0.3, 0.4) is 0 Å². The summed E-state index contributed by atoms with van der Waals surface area (Å²) in [7, 11) is 0. The second-order valence-electron chi connectivity index (χ2n) is 8.23. The Morgan fingerprint density at radius 2 is 1.89 bits per heavy atom. The van der Waals surface area contributed by atoms with Gasteiger partial charge < -0.3 is 10.1 Å². The maximum atomic E-state index is 13.8. The van der Waals surface area contributed by atoms with E-state index in [0.717, 1.165) is 49.1 Å². The van der Waals surface area contributed by atoms with Crippen LogP contribution in [0.5, 0.6) is 0 Å². The lowest BCUT2D eigenvalue weighted by atomic mass is 9.76. The van der Waals surface area contributed by atoms with E-state index < -0.39 is 6.10 Å². The fourth-order valence-corrected chi connectivity index (χ4v) is 5.09. The lowest BCUT2D eigenvalue weighted by Crippen LogP contribution is -2.47. The molecule has 1 N–H and O–H groups in total. The van der Waals surface area contributed by atoms with Crippen molar-refractivity contribution in [2.75, 3.05) is 0 Å². The first kappa shape index (κ1) is 19.4. The molecule has 0 spiro atoms. The van der Waals surface area contributed by atoms with E-state index in [1.165, 1.54) is 24.6 Å². The number of fused-ring (bicyclic) bond motifs is 2. The van der Waals surface area contributed by atoms with Crippen LogP contribution in [0.4, 0.5) is 4.39 Å². The lowest BCUT2D eigenvalue weighted by Gasteiger charge is -2.35. The zero-order valence-electron chi connectivity index (χ0n) is 16.0. The molecular weight excluding hydrogens is 377 g/mol. The van der Waals surface area contributed by atoms with Gasteiger partial charge in [0, 0.05) is 17.5 Å². The van der Waals surface area contributed by atoms with E-state index in [2.05, 4.69) is 17.4 Å². The van der Waals surface area contributed by atoms with E-state index in [9.17, 15) is 9.18 Å². The minimum Gasteiger partial charge on any atom is -0.456 e. The summed E-state index contributed by atoms with van der Waals surface area (Å²) >= 11 is 5.98. The predicted octanol–water partition coefficient (Wildman–Crippen LogP) is 5.37. The van der Waals surface area contributed by atoms with E-state index in [1.807, 2.05) is 18.2 Å². The van der Waals surface area contributed by atoms with Gasteiger partial charge in [-0.3, -0.25) is 4.79 Å². The fraction of sp³-hybridized carbons (Fsp3) is 0.435. The zero-order valence-corrected chi connectivity index (χ0v) is 16.8. The summed E-state index contributed by atoms with van der Waals surface area (Å²) in [5.74, 6) is -0.646. The first-order valence-corrected chi connectivity index (χ1v) is 10.2. The summed E-state index contributed by atoms with van der Waals surface area (Å²) in [6, 6.07) is 14.4. The molecule has 2 saturated heterocycles. The Hall–Kier alpha value is -1.91. The van der Waals surface area contributed by atoms with Crippen molar-refractivity contribution in [2.24, 2.45) is 0 Å². The Morgan fingerprint density at radius 3 is 2.54 bits per heavy atom. The molecule has 2 heterocycles. The van der Waals surface area contributed by atoms with Gasteiger partial charge in [-0.25, -0.2) is 4.39 Å². The minimum absolute atomic E-state index is 0.0470. The van der Waals surface area contributed by atoms with Gasteiger partial charge in [-0.05, 0) is 73.9 Å². The summed E-state index contributed by atoms with van der Waals surface area (Å²) in [6.45, 7) is 1.42. The second kappa shape index (κ2) is 7.49. The number of carbonyl (C=O) groups excluding carboxylic acids is 1. The SMILES string of the molecule is CC(=O)O[C@@H](c1cccc(F)c1)C12CCC(CCc3ccc(Cl)cc3)(CC1)N2. The molecule has 2 aliphatic rings. The van der Waals surface area contributed by atoms with Crippen LogP contribution in [0, 0.1) is 5.82 Å². The van der Waals surface area contributed by atoms with E-state index in [-0.39, 0.29) is 22.9 Å². The molecule has 2 fully saturated rings. The van der Waals surface area contributed by atoms with Crippen molar-refractivity contribution in [3.8, 4) is 0 Å². The van der Waals surface area contributed by atoms with Gasteiger partial charge in [0.2, 0.25) is 0 Å². The molecule has 2 aromatic carbocycles. The molecular formula is C23H25ClFNO2. The largest absolute Gasteiger partial charge is 0.456 e. The first-order valence-electron chi connectivity index (χ1n) is 9.86. The van der Waals surface area contributed by atoms with E-state index in [4.69, 9.17) is 16.3 Å². The van der Waals surface area contributed by atoms with Crippen molar-refractivity contribution in [2.45, 2.75) is 62.6 Å². The molecule has 0 radical (unpaired) electrons. The van der Waals surface area contributed by atoms with Crippen molar-refractivity contribution in [1.82, 2.24) is 5.32 Å². The van der Waals surface area contributed by atoms with Gasteiger partial charge in [0.25, 0.3) is 0 Å². The molecule has 28 heavy (non-hydrogen) atoms. The van der Waals surface area contributed by atoms with Crippen LogP contribution >= 0.6 is 11.6 Å². The van der Waals surface area contributed by atoms with Gasteiger partial charge in [-0.15, -0.1) is 0 Å². The molecule has 4 rings (SSSR count). The van der Waals surface area contributed by atoms with Crippen LogP contribution in [0.25, 0.3) is 0 Å². The highest BCUT2D eigenvalue weighted by molar-refractivity contribution is 6.30. The molecule has 5 heteroatoms. The van der Waals surface area contributed by atoms with Crippen molar-refractivity contribution in [3.63, 3.8) is 0 Å². The number of hydrogen-bond acceptors (Lipinski definition) is 3. The summed E-state index contributed by atoms with van der Waals surface area (Å²) in [5.41, 5.74) is 1.72. The van der Waals surface area contributed by atoms with Crippen molar-refractivity contribution >= 4 is 17.6 Å². The summed E-state index contributed by atoms with van der Waals surface area (Å²) in [5, 5.41) is 4.58. The molecule has 2 aromatic rings. The number of nitrogens with one attached hydrogen (secondary N) is 1. The molecule has 0 aliphatic carbocycles. The third-order valence-electron chi connectivity index (χ3n) is 6.36. The summed E-state index contributed by atoms with van der Waals surface area (Å²) < 4.78 is 19.6. The molecule has 1 atom stereocenters. The number of esters is 1. The molecule has 0 aromatic heterocycles. The number of rotatable bonds is 6. The Balaban J connectivity index is 1.53. The number of carbonyl (C=O) groups is 1. The molecule has 0 amide bonds. The van der Waals surface area contributed by atoms with E-state index in [0.29, 0.717) is 0 Å². The third kappa shape index (κ3) is 3.81. The van der Waals surface area contributed by atoms with E-state index >= 15 is 0 Å². The Morgan fingerprint density at radius 1 is 1.18 bits per heavy atom. The number of aryl methyl sites for hydroxylation is 1. The van der Waals surface area contributed by atoms with Crippen molar-refractivity contribution < 1.29 is 13.9 Å². The predicted molar refractivity (Wildman–Crippen MR) is 108 cm³/mol. The standard InChI is InChI=1S/C23H25ClFNO2/c1-16(27)28-21(18-3-2-4-20(25)15-18)23-13-11-22(26-23,12-14-23)10-9-17-5-7-19(24)8-6-17/h2-8,15,21,26H,9-14H2,1H3/t21-,22?,23?/m0/s1. The molecule has 3 nitrogen and oxygen atoms in total. The first-order chi connectivity index (χ1) is 13.4. The van der Waals surface area contributed by atoms with Crippen LogP contribution < -0.4 is 5.32 Å². The van der Waals surface area contributed by atoms with Crippen molar-refractivity contribution in [1.29, 1.82) is 0 Å². The summed E-state index contributed by atoms with van der Waals surface area (Å²) in [6.07, 6.45) is 5.43. The zero-order chi connectivity index (χ0) is 19.8. The van der Waals surface area contributed by atoms with Gasteiger partial charge in [-0.2, -0.15) is 0 Å². The highest BCUT2D eigenvalue weighted by atomic mass is 35.5. The normalized spacial score (nSPS) is 27.0. The lowest BCUT2D eigenvalue weighted by molar-refractivity contribution is -0.151. The summed E-state index contributed by atoms with van der Waals surface area (Å²) in [4.78, 5) is 11.8. The maximum Gasteiger partial charge on any atom is 0.303 e. The number of ether oxygens (including phenoxy) is 1. The molecule has 148 valence electrons. The maximum absolute atomic E-state index is 13.8. The number of hydrogen-bond donors (Lipinski definition) is 1. The minimum atomic E-state index is -0.472. The van der Waals surface area contributed by atoms with Gasteiger partial charge >= 0.3 is 5.97 Å². The van der Waals surface area contributed by atoms with Gasteiger partial charge in [0.1, 0.15) is 11.9 Å². The number of halogens is 2. The van der Waals surface area contributed by atoms with Gasteiger partial charge in [0.15, 0.2) is 0 Å². The fourth-order valence-electron chi connectivity index (χ4n) is 4.96. The smallest absolute Gasteiger partial charge is 0.303 e. The molecule has 2 aliphatic heterocycles. The second-order valence-corrected chi connectivity index (χ2v) is 8.67. The Bertz CT molecular complexity index is 859. The average molecular weight is 402 g/mol. The molecule has 0 saturated carbocycles. The Kier molecular flexibility index (Phi) is 5.19. The number of benzene rings is 2. The van der Waals surface area contributed by atoms with Crippen molar-refractivity contribution in [3.05, 3.63) is 70.5 Å². The van der Waals surface area contributed by atoms with Crippen LogP contribution in [0.1, 0.15) is 56.3 Å². The van der Waals surface area contributed by atoms with Gasteiger partial charge in [0.05, 0.1) is 5.54 Å². The topological polar surface area (TPSA) is 38.3 Å². The molecule has 0 unspecified atom stereocenters. The monoisotopic (exact) mass is 401 g/mol. The van der Waals surface area contributed by atoms with Crippen LogP contribution in [-0.4, -0.2) is 17.0 Å². The van der Waals surface area contributed by atoms with E-state index in [1.54, 1.807) is 6.07 Å². The van der Waals surface area contributed by atoms with Crippen LogP contribution in [0.15, 0.2) is 48.5 Å². The van der Waals surface area contributed by atoms with Crippen LogP contribution in [0.2, 0.25) is 5.02 Å². The van der Waals surface area contributed by atoms with Crippen LogP contribution in [-0.2, 0) is 16.0 Å². The quantitative estimate of drug-likeness (QED) is 0.661. The third-order valence-corrected chi connectivity index (χ3v) is 6.61. The average Bonchev–Trinajstić information content (AvgIpc) is 3.23. The molecule has 2 bridgehead atoms. The highest BCUT2D eigenvalue weighted by Crippen LogP contribution is 2.53. The highest BCUT2D eigenvalue weighted by Gasteiger charge is 2.58.